The molecule has 2 atom stereocenters. The van der Waals surface area contributed by atoms with Crippen LogP contribution < -0.4 is 4.74 Å². The zero-order valence-electron chi connectivity index (χ0n) is 9.79. The van der Waals surface area contributed by atoms with E-state index in [2.05, 4.69) is 37.9 Å². The molecule has 0 spiro atoms. The largest absolute Gasteiger partial charge is 0.496 e. The molecule has 0 amide bonds. The highest BCUT2D eigenvalue weighted by molar-refractivity contribution is 9.10. The molecule has 1 aromatic carbocycles. The van der Waals surface area contributed by atoms with Gasteiger partial charge in [-0.25, -0.2) is 0 Å². The van der Waals surface area contributed by atoms with Crippen LogP contribution in [0.3, 0.4) is 0 Å². The van der Waals surface area contributed by atoms with Crippen LogP contribution in [0.25, 0.3) is 0 Å². The molecule has 4 heteroatoms. The average molecular weight is 364 g/mol. The fraction of sp³-hybridized carbons (Fsp3) is 0.538. The third-order valence-corrected chi connectivity index (χ3v) is 4.61. The Balaban J connectivity index is 2.21. The normalized spacial score (nSPS) is 22.2. The minimum absolute atomic E-state index is 0.190. The van der Waals surface area contributed by atoms with Gasteiger partial charge in [0.2, 0.25) is 0 Å². The molecule has 1 fully saturated rings. The van der Waals surface area contributed by atoms with Gasteiger partial charge in [0.25, 0.3) is 0 Å². The Hall–Kier alpha value is -0.0600. The number of hydrogen-bond acceptors (Lipinski definition) is 2. The van der Waals surface area contributed by atoms with E-state index in [9.17, 15) is 0 Å². The Morgan fingerprint density at radius 3 is 2.88 bits per heavy atom. The van der Waals surface area contributed by atoms with Gasteiger partial charge in [-0.05, 0) is 37.5 Å². The van der Waals surface area contributed by atoms with Gasteiger partial charge in [0.1, 0.15) is 5.75 Å². The van der Waals surface area contributed by atoms with Crippen molar-refractivity contribution in [1.82, 2.24) is 0 Å². The van der Waals surface area contributed by atoms with Crippen LogP contribution in [0.15, 0.2) is 22.7 Å². The first-order valence-electron chi connectivity index (χ1n) is 5.81. The highest BCUT2D eigenvalue weighted by Gasteiger charge is 2.26. The van der Waals surface area contributed by atoms with E-state index in [0.29, 0.717) is 0 Å². The maximum Gasteiger partial charge on any atom is 0.123 e. The summed E-state index contributed by atoms with van der Waals surface area (Å²) in [6, 6.07) is 6.07. The molecule has 94 valence electrons. The Bertz CT molecular complexity index is 376. The van der Waals surface area contributed by atoms with E-state index in [1.807, 2.05) is 12.1 Å². The van der Waals surface area contributed by atoms with Crippen molar-refractivity contribution in [2.24, 2.45) is 0 Å². The summed E-state index contributed by atoms with van der Waals surface area (Å²) in [5.74, 6) is 0.907. The summed E-state index contributed by atoms with van der Waals surface area (Å²) < 4.78 is 12.3. The third kappa shape index (κ3) is 3.24. The molecule has 1 heterocycles. The van der Waals surface area contributed by atoms with Gasteiger partial charge in [-0.15, -0.1) is 0 Å². The predicted molar refractivity (Wildman–Crippen MR) is 76.0 cm³/mol. The molecule has 0 saturated carbocycles. The molecule has 0 bridgehead atoms. The molecule has 0 aliphatic carbocycles. The second-order valence-corrected chi connectivity index (χ2v) is 6.10. The first kappa shape index (κ1) is 13.4. The summed E-state index contributed by atoms with van der Waals surface area (Å²) in [4.78, 5) is 0.190. The van der Waals surface area contributed by atoms with Crippen molar-refractivity contribution in [2.45, 2.75) is 30.2 Å². The number of rotatable bonds is 3. The van der Waals surface area contributed by atoms with Crippen LogP contribution in [-0.2, 0) is 4.74 Å². The molecule has 0 radical (unpaired) electrons. The van der Waals surface area contributed by atoms with Crippen LogP contribution in [0.1, 0.15) is 29.7 Å². The quantitative estimate of drug-likeness (QED) is 0.738. The van der Waals surface area contributed by atoms with Gasteiger partial charge < -0.3 is 9.47 Å². The topological polar surface area (TPSA) is 18.5 Å². The van der Waals surface area contributed by atoms with E-state index in [4.69, 9.17) is 9.47 Å². The Labute approximate surface area is 119 Å². The molecule has 1 aromatic rings. The molecule has 2 unspecified atom stereocenters. The van der Waals surface area contributed by atoms with E-state index in [-0.39, 0.29) is 10.9 Å². The van der Waals surface area contributed by atoms with E-state index in [1.165, 1.54) is 12.8 Å². The van der Waals surface area contributed by atoms with Crippen molar-refractivity contribution in [3.05, 3.63) is 28.2 Å². The molecule has 2 nitrogen and oxygen atoms in total. The summed E-state index contributed by atoms with van der Waals surface area (Å²) in [7, 11) is 1.70. The second-order valence-electron chi connectivity index (χ2n) is 4.19. The van der Waals surface area contributed by atoms with Crippen molar-refractivity contribution in [1.29, 1.82) is 0 Å². The summed E-state index contributed by atoms with van der Waals surface area (Å²) in [6.07, 6.45) is 3.76. The smallest absolute Gasteiger partial charge is 0.123 e. The number of alkyl halides is 1. The Morgan fingerprint density at radius 2 is 2.24 bits per heavy atom. The fourth-order valence-electron chi connectivity index (χ4n) is 2.12. The first-order chi connectivity index (χ1) is 8.22. The lowest BCUT2D eigenvalue weighted by atomic mass is 10.0. The lowest BCUT2D eigenvalue weighted by molar-refractivity contribution is 0.0157. The minimum atomic E-state index is 0.190. The predicted octanol–water partition coefficient (Wildman–Crippen LogP) is 4.46. The van der Waals surface area contributed by atoms with Crippen molar-refractivity contribution >= 4 is 31.9 Å². The van der Waals surface area contributed by atoms with E-state index < -0.39 is 0 Å². The molecule has 2 rings (SSSR count). The molecule has 1 aliphatic heterocycles. The van der Waals surface area contributed by atoms with Crippen molar-refractivity contribution < 1.29 is 9.47 Å². The van der Waals surface area contributed by atoms with E-state index in [1.54, 1.807) is 7.11 Å². The summed E-state index contributed by atoms with van der Waals surface area (Å²) in [5.41, 5.74) is 1.15. The zero-order chi connectivity index (χ0) is 12.3. The van der Waals surface area contributed by atoms with Gasteiger partial charge in [0.05, 0.1) is 18.0 Å². The number of ether oxygens (including phenoxy) is 2. The lowest BCUT2D eigenvalue weighted by Gasteiger charge is -2.28. The molecular weight excluding hydrogens is 348 g/mol. The summed E-state index contributed by atoms with van der Waals surface area (Å²) >= 11 is 7.25. The fourth-order valence-corrected chi connectivity index (χ4v) is 3.27. The van der Waals surface area contributed by atoms with E-state index in [0.717, 1.165) is 28.8 Å². The maximum atomic E-state index is 5.82. The van der Waals surface area contributed by atoms with Crippen LogP contribution >= 0.6 is 31.9 Å². The summed E-state index contributed by atoms with van der Waals surface area (Å²) in [6.45, 7) is 0.864. The zero-order valence-corrected chi connectivity index (χ0v) is 13.0. The Kier molecular flexibility index (Phi) is 4.88. The minimum Gasteiger partial charge on any atom is -0.496 e. The van der Waals surface area contributed by atoms with Crippen LogP contribution in [0.4, 0.5) is 0 Å². The molecule has 1 aliphatic rings. The molecule has 1 saturated heterocycles. The molecule has 17 heavy (non-hydrogen) atoms. The maximum absolute atomic E-state index is 5.82. The summed E-state index contributed by atoms with van der Waals surface area (Å²) in [5, 5.41) is 0. The van der Waals surface area contributed by atoms with Crippen molar-refractivity contribution in [3.63, 3.8) is 0 Å². The van der Waals surface area contributed by atoms with Gasteiger partial charge in [0.15, 0.2) is 0 Å². The molecule has 0 N–H and O–H groups in total. The monoisotopic (exact) mass is 362 g/mol. The lowest BCUT2D eigenvalue weighted by Crippen LogP contribution is -2.23. The molecule has 0 aromatic heterocycles. The van der Waals surface area contributed by atoms with Crippen LogP contribution in [0.5, 0.6) is 5.75 Å². The number of benzene rings is 1. The average Bonchev–Trinajstić information content (AvgIpc) is 2.39. The van der Waals surface area contributed by atoms with Crippen molar-refractivity contribution in [3.8, 4) is 5.75 Å². The SMILES string of the molecule is COc1ccc(Br)cc1C(Br)C1CCCCO1. The van der Waals surface area contributed by atoms with Gasteiger partial charge in [-0.2, -0.15) is 0 Å². The highest BCUT2D eigenvalue weighted by Crippen LogP contribution is 2.39. The van der Waals surface area contributed by atoms with Gasteiger partial charge in [-0.3, -0.25) is 0 Å². The highest BCUT2D eigenvalue weighted by atomic mass is 79.9. The van der Waals surface area contributed by atoms with Crippen LogP contribution in [0, 0.1) is 0 Å². The second kappa shape index (κ2) is 6.21. The number of halogens is 2. The Morgan fingerprint density at radius 1 is 1.41 bits per heavy atom. The number of methoxy groups -OCH3 is 1. The number of hydrogen-bond donors (Lipinski definition) is 0. The van der Waals surface area contributed by atoms with Gasteiger partial charge in [-0.1, -0.05) is 31.9 Å². The standard InChI is InChI=1S/C13H16Br2O2/c1-16-11-6-5-9(14)8-10(11)13(15)12-4-2-3-7-17-12/h5-6,8,12-13H,2-4,7H2,1H3. The molecular formula is C13H16Br2O2. The van der Waals surface area contributed by atoms with Gasteiger partial charge in [0, 0.05) is 16.6 Å². The van der Waals surface area contributed by atoms with Crippen LogP contribution in [-0.4, -0.2) is 19.8 Å². The van der Waals surface area contributed by atoms with Crippen LogP contribution in [0.2, 0.25) is 0 Å². The van der Waals surface area contributed by atoms with Gasteiger partial charge >= 0.3 is 0 Å². The first-order valence-corrected chi connectivity index (χ1v) is 7.52. The third-order valence-electron chi connectivity index (χ3n) is 3.03. The van der Waals surface area contributed by atoms with E-state index >= 15 is 0 Å². The van der Waals surface area contributed by atoms with Crippen molar-refractivity contribution in [2.75, 3.05) is 13.7 Å².